The van der Waals surface area contributed by atoms with Crippen LogP contribution in [-0.2, 0) is 9.59 Å². The van der Waals surface area contributed by atoms with E-state index in [9.17, 15) is 14.4 Å². The van der Waals surface area contributed by atoms with Crippen LogP contribution in [0, 0.1) is 3.57 Å². The summed E-state index contributed by atoms with van der Waals surface area (Å²) in [5, 5.41) is 8.79. The number of thioether (sulfide) groups is 1. The second-order valence-electron chi connectivity index (χ2n) is 9.93. The van der Waals surface area contributed by atoms with Crippen molar-refractivity contribution in [3.63, 3.8) is 0 Å². The summed E-state index contributed by atoms with van der Waals surface area (Å²) in [5.41, 5.74) is 2.87. The molecule has 230 valence electrons. The highest BCUT2D eigenvalue weighted by Crippen LogP contribution is 2.37. The minimum Gasteiger partial charge on any atom is -0.325 e. The Kier molecular flexibility index (Phi) is 11.5. The number of rotatable bonds is 10. The van der Waals surface area contributed by atoms with Crippen molar-refractivity contribution in [2.24, 2.45) is 0 Å². The van der Waals surface area contributed by atoms with Crippen molar-refractivity contribution < 1.29 is 14.4 Å². The molecule has 0 bridgehead atoms. The van der Waals surface area contributed by atoms with E-state index >= 15 is 0 Å². The van der Waals surface area contributed by atoms with Crippen LogP contribution < -0.4 is 16.0 Å². The fraction of sp³-hybridized carbons (Fsp3) is 0.0278. The van der Waals surface area contributed by atoms with Gasteiger partial charge in [0.05, 0.1) is 0 Å². The molecule has 0 saturated carbocycles. The Bertz CT molecular complexity index is 1890. The van der Waals surface area contributed by atoms with Gasteiger partial charge >= 0.3 is 0 Å². The number of nitrogens with one attached hydrogen (secondary N) is 3. The molecular weight excluding hydrogens is 752 g/mol. The van der Waals surface area contributed by atoms with E-state index in [4.69, 9.17) is 23.2 Å². The summed E-state index contributed by atoms with van der Waals surface area (Å²) < 4.78 is 1.07. The minimum absolute atomic E-state index is 0.0183. The lowest BCUT2D eigenvalue weighted by Crippen LogP contribution is -2.30. The van der Waals surface area contributed by atoms with Crippen molar-refractivity contribution in [2.75, 3.05) is 10.6 Å². The second-order valence-corrected chi connectivity index (χ2v) is 13.2. The van der Waals surface area contributed by atoms with Gasteiger partial charge in [0.15, 0.2) is 0 Å². The fourth-order valence-electron chi connectivity index (χ4n) is 4.34. The van der Waals surface area contributed by atoms with E-state index in [1.807, 2.05) is 60.7 Å². The zero-order valence-corrected chi connectivity index (χ0v) is 28.5. The number of amides is 3. The highest BCUT2D eigenvalue weighted by molar-refractivity contribution is 14.1. The Morgan fingerprint density at radius 1 is 0.717 bits per heavy atom. The Hall–Kier alpha value is -4.09. The van der Waals surface area contributed by atoms with Crippen molar-refractivity contribution in [1.29, 1.82) is 0 Å². The quantitative estimate of drug-likeness (QED) is 0.0750. The normalized spacial score (nSPS) is 11.8. The third-order valence-electron chi connectivity index (χ3n) is 6.59. The first-order chi connectivity index (χ1) is 22.2. The average Bonchev–Trinajstić information content (AvgIpc) is 3.06. The van der Waals surface area contributed by atoms with Gasteiger partial charge in [-0.3, -0.25) is 14.4 Å². The van der Waals surface area contributed by atoms with Crippen molar-refractivity contribution in [2.45, 2.75) is 10.1 Å². The third kappa shape index (κ3) is 9.23. The summed E-state index contributed by atoms with van der Waals surface area (Å²) in [6.07, 6.45) is 1.49. The number of carbonyl (C=O) groups is 3. The fourth-order valence-corrected chi connectivity index (χ4v) is 6.25. The molecule has 0 aliphatic heterocycles. The number of benzene rings is 5. The maximum absolute atomic E-state index is 13.6. The lowest BCUT2D eigenvalue weighted by Gasteiger charge is -2.18. The molecule has 0 aromatic heterocycles. The van der Waals surface area contributed by atoms with Crippen molar-refractivity contribution >= 4 is 92.7 Å². The highest BCUT2D eigenvalue weighted by Gasteiger charge is 2.23. The number of hydrogen-bond donors (Lipinski definition) is 3. The van der Waals surface area contributed by atoms with Crippen LogP contribution in [0.2, 0.25) is 10.0 Å². The molecule has 0 spiro atoms. The minimum atomic E-state index is -0.570. The van der Waals surface area contributed by atoms with Gasteiger partial charge in [-0.05, 0) is 107 Å². The second kappa shape index (κ2) is 16.0. The van der Waals surface area contributed by atoms with Gasteiger partial charge < -0.3 is 16.0 Å². The van der Waals surface area contributed by atoms with E-state index in [0.29, 0.717) is 32.5 Å². The van der Waals surface area contributed by atoms with Gasteiger partial charge in [-0.25, -0.2) is 0 Å². The molecule has 0 heterocycles. The van der Waals surface area contributed by atoms with Crippen LogP contribution in [0.4, 0.5) is 11.4 Å². The largest absolute Gasteiger partial charge is 0.325 e. The monoisotopic (exact) mass is 777 g/mol. The van der Waals surface area contributed by atoms with Gasteiger partial charge in [-0.1, -0.05) is 83.9 Å². The van der Waals surface area contributed by atoms with Gasteiger partial charge in [-0.15, -0.1) is 11.8 Å². The number of hydrogen-bond acceptors (Lipinski definition) is 4. The lowest BCUT2D eigenvalue weighted by molar-refractivity contribution is -0.116. The van der Waals surface area contributed by atoms with E-state index in [1.165, 1.54) is 17.8 Å². The summed E-state index contributed by atoms with van der Waals surface area (Å²) in [5.74, 6) is -1.20. The predicted octanol–water partition coefficient (Wildman–Crippen LogP) is 9.48. The third-order valence-corrected chi connectivity index (χ3v) is 9.12. The van der Waals surface area contributed by atoms with E-state index in [0.717, 1.165) is 14.0 Å². The van der Waals surface area contributed by atoms with Gasteiger partial charge in [0.1, 0.15) is 10.9 Å². The standard InChI is InChI=1S/C36H26Cl2IN3O3S/c37-26-15-14-25(31(38)21-26)20-32(42-34(43)24-10-5-2-6-11-24)35(44)41-29-12-7-13-30(22-29)46-33(23-8-3-1-4-9-23)36(45)40-28-18-16-27(39)17-19-28/h1-22,33H,(H,40,45)(H,41,44)(H,42,43)/b32-20+. The maximum atomic E-state index is 13.6. The highest BCUT2D eigenvalue weighted by atomic mass is 127. The van der Waals surface area contributed by atoms with E-state index in [-0.39, 0.29) is 11.6 Å². The molecule has 0 fully saturated rings. The van der Waals surface area contributed by atoms with Crippen molar-refractivity contribution in [3.05, 3.63) is 163 Å². The van der Waals surface area contributed by atoms with Crippen LogP contribution in [-0.4, -0.2) is 17.7 Å². The van der Waals surface area contributed by atoms with Crippen LogP contribution in [0.25, 0.3) is 6.08 Å². The molecule has 5 aromatic rings. The Balaban J connectivity index is 1.38. The molecule has 10 heteroatoms. The summed E-state index contributed by atoms with van der Waals surface area (Å²) in [6, 6.07) is 37.7. The summed E-state index contributed by atoms with van der Waals surface area (Å²) >= 11 is 16.0. The Labute approximate surface area is 294 Å². The molecule has 46 heavy (non-hydrogen) atoms. The lowest BCUT2D eigenvalue weighted by atomic mass is 10.1. The first-order valence-electron chi connectivity index (χ1n) is 14.0. The molecule has 1 atom stereocenters. The molecule has 0 saturated heterocycles. The molecule has 0 aliphatic carbocycles. The molecule has 0 radical (unpaired) electrons. The predicted molar refractivity (Wildman–Crippen MR) is 196 cm³/mol. The number of anilines is 2. The molecule has 3 amide bonds. The molecule has 6 nitrogen and oxygen atoms in total. The van der Waals surface area contributed by atoms with Crippen LogP contribution in [0.5, 0.6) is 0 Å². The number of halogens is 3. The molecule has 3 N–H and O–H groups in total. The topological polar surface area (TPSA) is 87.3 Å². The molecule has 5 aromatic carbocycles. The first-order valence-corrected chi connectivity index (χ1v) is 16.7. The first kappa shape index (κ1) is 33.3. The van der Waals surface area contributed by atoms with Gasteiger partial charge in [0, 0.05) is 35.4 Å². The van der Waals surface area contributed by atoms with E-state index in [2.05, 4.69) is 38.5 Å². The average molecular weight is 778 g/mol. The SMILES string of the molecule is O=C(Nc1cccc(SC(C(=O)Nc2ccc(I)cc2)c2ccccc2)c1)/C(=C\c1ccc(Cl)cc1Cl)NC(=O)c1ccccc1. The summed E-state index contributed by atoms with van der Waals surface area (Å²) in [7, 11) is 0. The molecular formula is C36H26Cl2IN3O3S. The summed E-state index contributed by atoms with van der Waals surface area (Å²) in [4.78, 5) is 40.9. The van der Waals surface area contributed by atoms with Crippen LogP contribution in [0.15, 0.2) is 138 Å². The van der Waals surface area contributed by atoms with Crippen LogP contribution in [0.3, 0.4) is 0 Å². The maximum Gasteiger partial charge on any atom is 0.272 e. The van der Waals surface area contributed by atoms with Crippen molar-refractivity contribution in [1.82, 2.24) is 5.32 Å². The Morgan fingerprint density at radius 2 is 1.41 bits per heavy atom. The van der Waals surface area contributed by atoms with Gasteiger partial charge in [0.2, 0.25) is 5.91 Å². The zero-order valence-electron chi connectivity index (χ0n) is 24.0. The molecule has 5 rings (SSSR count). The van der Waals surface area contributed by atoms with Crippen molar-refractivity contribution in [3.8, 4) is 0 Å². The Morgan fingerprint density at radius 3 is 2.11 bits per heavy atom. The number of carbonyl (C=O) groups excluding carboxylic acids is 3. The van der Waals surface area contributed by atoms with Gasteiger partial charge in [0.25, 0.3) is 11.8 Å². The van der Waals surface area contributed by atoms with Crippen LogP contribution >= 0.6 is 57.6 Å². The van der Waals surface area contributed by atoms with E-state index in [1.54, 1.807) is 66.7 Å². The van der Waals surface area contributed by atoms with Gasteiger partial charge in [-0.2, -0.15) is 0 Å². The van der Waals surface area contributed by atoms with E-state index < -0.39 is 17.1 Å². The smallest absolute Gasteiger partial charge is 0.272 e. The van der Waals surface area contributed by atoms with Crippen LogP contribution in [0.1, 0.15) is 26.7 Å². The molecule has 0 aliphatic rings. The summed E-state index contributed by atoms with van der Waals surface area (Å²) in [6.45, 7) is 0. The zero-order chi connectivity index (χ0) is 32.5. The molecule has 1 unspecified atom stereocenters.